The molecule has 0 aromatic rings. The number of hydrogen-bond acceptors (Lipinski definition) is 2. The van der Waals surface area contributed by atoms with Gasteiger partial charge in [0.25, 0.3) is 0 Å². The van der Waals surface area contributed by atoms with Crippen LogP contribution in [0, 0.1) is 11.8 Å². The summed E-state index contributed by atoms with van der Waals surface area (Å²) < 4.78 is 0. The second-order valence-corrected chi connectivity index (χ2v) is 4.46. The lowest BCUT2D eigenvalue weighted by atomic mass is 10.1. The van der Waals surface area contributed by atoms with Crippen LogP contribution in [-0.4, -0.2) is 31.1 Å². The van der Waals surface area contributed by atoms with Crippen LogP contribution in [0.3, 0.4) is 0 Å². The highest BCUT2D eigenvalue weighted by Gasteiger charge is 2.09. The fraction of sp³-hybridized carbons (Fsp3) is 1.00. The third-order valence-corrected chi connectivity index (χ3v) is 2.34. The topological polar surface area (TPSA) is 29.3 Å². The zero-order chi connectivity index (χ0) is 10.3. The Bertz CT molecular complexity index is 113. The Labute approximate surface area is 83.5 Å². The average molecular weight is 186 g/mol. The first-order valence-corrected chi connectivity index (χ1v) is 5.52. The van der Waals surface area contributed by atoms with Crippen molar-refractivity contribution in [3.05, 3.63) is 0 Å². The lowest BCUT2D eigenvalue weighted by molar-refractivity contribution is 0.217. The van der Waals surface area contributed by atoms with E-state index in [9.17, 15) is 0 Å². The van der Waals surface area contributed by atoms with Crippen LogP contribution in [0.1, 0.15) is 34.1 Å². The van der Waals surface area contributed by atoms with E-state index in [4.69, 9.17) is 5.73 Å². The summed E-state index contributed by atoms with van der Waals surface area (Å²) in [7, 11) is 0. The largest absolute Gasteiger partial charge is 0.329 e. The molecule has 1 unspecified atom stereocenters. The summed E-state index contributed by atoms with van der Waals surface area (Å²) in [6.45, 7) is 13.3. The van der Waals surface area contributed by atoms with Crippen molar-refractivity contribution in [2.24, 2.45) is 17.6 Å². The van der Waals surface area contributed by atoms with Gasteiger partial charge in [-0.1, -0.05) is 34.1 Å². The molecule has 0 aliphatic carbocycles. The quantitative estimate of drug-likeness (QED) is 0.658. The minimum Gasteiger partial charge on any atom is -0.329 e. The van der Waals surface area contributed by atoms with Gasteiger partial charge in [0, 0.05) is 26.2 Å². The van der Waals surface area contributed by atoms with Crippen molar-refractivity contribution in [1.82, 2.24) is 4.90 Å². The normalized spacial score (nSPS) is 14.1. The Morgan fingerprint density at radius 1 is 1.15 bits per heavy atom. The smallest absolute Gasteiger partial charge is 0.0105 e. The molecule has 0 saturated heterocycles. The highest BCUT2D eigenvalue weighted by Crippen LogP contribution is 2.06. The maximum absolute atomic E-state index is 5.58. The standard InChI is InChI=1S/C11H26N2/c1-5-11(4)9-13(7-6-12)8-10(2)3/h10-11H,5-9,12H2,1-4H3. The molecule has 2 heteroatoms. The van der Waals surface area contributed by atoms with E-state index in [-0.39, 0.29) is 0 Å². The Hall–Kier alpha value is -0.0800. The summed E-state index contributed by atoms with van der Waals surface area (Å²) in [5, 5.41) is 0. The highest BCUT2D eigenvalue weighted by atomic mass is 15.1. The number of nitrogens with two attached hydrogens (primary N) is 1. The minimum atomic E-state index is 0.746. The molecule has 0 radical (unpaired) electrons. The summed E-state index contributed by atoms with van der Waals surface area (Å²) in [5.41, 5.74) is 5.58. The van der Waals surface area contributed by atoms with Crippen LogP contribution in [0.15, 0.2) is 0 Å². The molecule has 0 aliphatic heterocycles. The molecule has 0 saturated carbocycles. The Balaban J connectivity index is 3.78. The van der Waals surface area contributed by atoms with Crippen LogP contribution < -0.4 is 5.73 Å². The summed E-state index contributed by atoms with van der Waals surface area (Å²) in [4.78, 5) is 2.48. The van der Waals surface area contributed by atoms with Crippen LogP contribution in [0.4, 0.5) is 0 Å². The number of rotatable bonds is 7. The lowest BCUT2D eigenvalue weighted by Gasteiger charge is -2.26. The zero-order valence-electron chi connectivity index (χ0n) is 9.71. The fourth-order valence-electron chi connectivity index (χ4n) is 1.53. The minimum absolute atomic E-state index is 0.746. The van der Waals surface area contributed by atoms with E-state index in [1.165, 1.54) is 19.5 Å². The summed E-state index contributed by atoms with van der Waals surface area (Å²) in [6.07, 6.45) is 1.26. The van der Waals surface area contributed by atoms with Crippen molar-refractivity contribution in [3.8, 4) is 0 Å². The van der Waals surface area contributed by atoms with E-state index in [0.29, 0.717) is 0 Å². The molecule has 0 bridgehead atoms. The first-order valence-electron chi connectivity index (χ1n) is 5.52. The molecule has 0 rings (SSSR count). The van der Waals surface area contributed by atoms with Crippen LogP contribution in [0.2, 0.25) is 0 Å². The van der Waals surface area contributed by atoms with Gasteiger partial charge in [-0.15, -0.1) is 0 Å². The predicted molar refractivity (Wildman–Crippen MR) is 59.8 cm³/mol. The third-order valence-electron chi connectivity index (χ3n) is 2.34. The highest BCUT2D eigenvalue weighted by molar-refractivity contribution is 4.64. The second-order valence-electron chi connectivity index (χ2n) is 4.46. The van der Waals surface area contributed by atoms with E-state index in [1.807, 2.05) is 0 Å². The molecule has 1 atom stereocenters. The number of hydrogen-bond donors (Lipinski definition) is 1. The summed E-state index contributed by atoms with van der Waals surface area (Å²) >= 11 is 0. The van der Waals surface area contributed by atoms with Crippen LogP contribution in [-0.2, 0) is 0 Å². The monoisotopic (exact) mass is 186 g/mol. The van der Waals surface area contributed by atoms with Crippen LogP contribution >= 0.6 is 0 Å². The maximum atomic E-state index is 5.58. The second kappa shape index (κ2) is 7.34. The van der Waals surface area contributed by atoms with Gasteiger partial charge >= 0.3 is 0 Å². The van der Waals surface area contributed by atoms with E-state index < -0.39 is 0 Å². The molecule has 0 aromatic heterocycles. The van der Waals surface area contributed by atoms with Crippen LogP contribution in [0.5, 0.6) is 0 Å². The molecule has 2 N–H and O–H groups in total. The molecule has 0 spiro atoms. The summed E-state index contributed by atoms with van der Waals surface area (Å²) in [6, 6.07) is 0. The van der Waals surface area contributed by atoms with Crippen molar-refractivity contribution in [1.29, 1.82) is 0 Å². The average Bonchev–Trinajstić information content (AvgIpc) is 2.03. The van der Waals surface area contributed by atoms with Crippen molar-refractivity contribution in [2.75, 3.05) is 26.2 Å². The van der Waals surface area contributed by atoms with Gasteiger partial charge in [0.05, 0.1) is 0 Å². The zero-order valence-corrected chi connectivity index (χ0v) is 9.71. The van der Waals surface area contributed by atoms with E-state index in [0.717, 1.165) is 24.9 Å². The van der Waals surface area contributed by atoms with Crippen LogP contribution in [0.25, 0.3) is 0 Å². The molecular formula is C11H26N2. The van der Waals surface area contributed by atoms with Gasteiger partial charge in [0.15, 0.2) is 0 Å². The molecule has 80 valence electrons. The molecular weight excluding hydrogens is 160 g/mol. The molecule has 0 aromatic carbocycles. The van der Waals surface area contributed by atoms with Gasteiger partial charge in [-0.25, -0.2) is 0 Å². The number of nitrogens with zero attached hydrogens (tertiary/aromatic N) is 1. The molecule has 0 fully saturated rings. The van der Waals surface area contributed by atoms with E-state index in [1.54, 1.807) is 0 Å². The third kappa shape index (κ3) is 7.03. The van der Waals surface area contributed by atoms with Gasteiger partial charge in [-0.2, -0.15) is 0 Å². The van der Waals surface area contributed by atoms with Gasteiger partial charge in [0.2, 0.25) is 0 Å². The van der Waals surface area contributed by atoms with Gasteiger partial charge in [-0.05, 0) is 11.8 Å². The Morgan fingerprint density at radius 3 is 2.15 bits per heavy atom. The SMILES string of the molecule is CCC(C)CN(CCN)CC(C)C. The van der Waals surface area contributed by atoms with E-state index in [2.05, 4.69) is 32.6 Å². The van der Waals surface area contributed by atoms with E-state index >= 15 is 0 Å². The molecule has 2 nitrogen and oxygen atoms in total. The fourth-order valence-corrected chi connectivity index (χ4v) is 1.53. The lowest BCUT2D eigenvalue weighted by Crippen LogP contribution is -2.35. The maximum Gasteiger partial charge on any atom is 0.0105 e. The first-order chi connectivity index (χ1) is 6.10. The molecule has 0 aliphatic rings. The predicted octanol–water partition coefficient (Wildman–Crippen LogP) is 1.95. The van der Waals surface area contributed by atoms with Gasteiger partial charge < -0.3 is 10.6 Å². The van der Waals surface area contributed by atoms with Gasteiger partial charge in [-0.3, -0.25) is 0 Å². The molecule has 0 amide bonds. The Morgan fingerprint density at radius 2 is 1.77 bits per heavy atom. The molecule has 0 heterocycles. The first kappa shape index (κ1) is 12.9. The van der Waals surface area contributed by atoms with Crippen molar-refractivity contribution >= 4 is 0 Å². The molecule has 13 heavy (non-hydrogen) atoms. The van der Waals surface area contributed by atoms with Crippen molar-refractivity contribution < 1.29 is 0 Å². The van der Waals surface area contributed by atoms with Crippen molar-refractivity contribution in [2.45, 2.75) is 34.1 Å². The van der Waals surface area contributed by atoms with Gasteiger partial charge in [0.1, 0.15) is 0 Å². The van der Waals surface area contributed by atoms with Crippen molar-refractivity contribution in [3.63, 3.8) is 0 Å². The Kier molecular flexibility index (Phi) is 7.29. The summed E-state index contributed by atoms with van der Waals surface area (Å²) in [5.74, 6) is 1.54.